The van der Waals surface area contributed by atoms with Crippen molar-refractivity contribution in [2.24, 2.45) is 0 Å². The summed E-state index contributed by atoms with van der Waals surface area (Å²) >= 11 is 2.13. The molecule has 10 heteroatoms. The third-order valence-corrected chi connectivity index (χ3v) is 4.33. The van der Waals surface area contributed by atoms with Crippen molar-refractivity contribution >= 4 is 39.7 Å². The zero-order valence-electron chi connectivity index (χ0n) is 11.1. The van der Waals surface area contributed by atoms with Gasteiger partial charge in [-0.1, -0.05) is 22.6 Å². The van der Waals surface area contributed by atoms with Crippen LogP contribution in [0.2, 0.25) is 0 Å². The van der Waals surface area contributed by atoms with Crippen molar-refractivity contribution in [1.29, 1.82) is 0 Å². The molecule has 9 nitrogen and oxygen atoms in total. The first-order valence-corrected chi connectivity index (χ1v) is 7.74. The number of H-pyrrole nitrogens is 1. The second-order valence-corrected chi connectivity index (χ2v) is 5.57. The van der Waals surface area contributed by atoms with Crippen LogP contribution in [0, 0.1) is 0 Å². The molecule has 4 N–H and O–H groups in total. The van der Waals surface area contributed by atoms with Crippen molar-refractivity contribution in [3.8, 4) is 0 Å². The van der Waals surface area contributed by atoms with Gasteiger partial charge in [0.1, 0.15) is 12.2 Å². The molecule has 2 aromatic heterocycles. The van der Waals surface area contributed by atoms with Gasteiger partial charge in [-0.05, 0) is 0 Å². The van der Waals surface area contributed by atoms with E-state index in [1.807, 2.05) is 0 Å². The van der Waals surface area contributed by atoms with Crippen molar-refractivity contribution < 1.29 is 14.6 Å². The number of aliphatic hydroxyl groups excluding tert-OH is 1. The molecule has 0 radical (unpaired) electrons. The number of hydrogen-bond donors (Lipinski definition) is 3. The summed E-state index contributed by atoms with van der Waals surface area (Å²) in [5, 5.41) is 10.2. The first-order chi connectivity index (χ1) is 10.1. The second kappa shape index (κ2) is 5.51. The molecule has 3 rings (SSSR count). The fourth-order valence-electron chi connectivity index (χ4n) is 2.45. The molecule has 3 heterocycles. The summed E-state index contributed by atoms with van der Waals surface area (Å²) in [4.78, 5) is 22.3. The number of rotatable bonds is 3. The molecule has 0 bridgehead atoms. The standard InChI is InChI=1S/C11H14IN5O4/c1-20-7-6(18)4(2-12)21-10(7)17-3-14-5-8(17)15-11(13)16-9(5)19/h3-4,6-7,10,18H,2H2,1H3,(H3,13,15,16,19)/t4-,6-,7-,10-/m1/s1. The molecule has 2 aromatic rings. The fourth-order valence-corrected chi connectivity index (χ4v) is 3.18. The first-order valence-electron chi connectivity index (χ1n) is 6.21. The van der Waals surface area contributed by atoms with Crippen LogP contribution in [0.3, 0.4) is 0 Å². The van der Waals surface area contributed by atoms with E-state index in [1.165, 1.54) is 13.4 Å². The minimum atomic E-state index is -0.770. The van der Waals surface area contributed by atoms with E-state index in [1.54, 1.807) is 4.57 Å². The number of aliphatic hydroxyl groups is 1. The molecule has 0 unspecified atom stereocenters. The van der Waals surface area contributed by atoms with Gasteiger partial charge in [-0.3, -0.25) is 14.3 Å². The molecule has 1 saturated heterocycles. The van der Waals surface area contributed by atoms with Crippen LogP contribution in [-0.2, 0) is 9.47 Å². The number of methoxy groups -OCH3 is 1. The maximum atomic E-state index is 11.8. The number of nitrogens with zero attached hydrogens (tertiary/aromatic N) is 3. The first kappa shape index (κ1) is 14.7. The summed E-state index contributed by atoms with van der Waals surface area (Å²) in [6, 6.07) is 0. The van der Waals surface area contributed by atoms with Crippen LogP contribution in [0.1, 0.15) is 6.23 Å². The van der Waals surface area contributed by atoms with Crippen LogP contribution >= 0.6 is 22.6 Å². The van der Waals surface area contributed by atoms with Gasteiger partial charge in [0.25, 0.3) is 5.56 Å². The Balaban J connectivity index is 2.10. The van der Waals surface area contributed by atoms with Crippen LogP contribution in [0.15, 0.2) is 11.1 Å². The highest BCUT2D eigenvalue weighted by atomic mass is 127. The van der Waals surface area contributed by atoms with Gasteiger partial charge in [0, 0.05) is 11.5 Å². The molecule has 0 aliphatic carbocycles. The number of nitrogen functional groups attached to an aromatic ring is 1. The number of halogens is 1. The molecule has 21 heavy (non-hydrogen) atoms. The van der Waals surface area contributed by atoms with Crippen LogP contribution in [0.5, 0.6) is 0 Å². The van der Waals surface area contributed by atoms with Crippen molar-refractivity contribution in [2.75, 3.05) is 17.3 Å². The number of nitrogens with two attached hydrogens (primary N) is 1. The van der Waals surface area contributed by atoms with E-state index in [0.29, 0.717) is 10.1 Å². The predicted molar refractivity (Wildman–Crippen MR) is 82.2 cm³/mol. The summed E-state index contributed by atoms with van der Waals surface area (Å²) in [6.45, 7) is 0. The molecular formula is C11H14IN5O4. The van der Waals surface area contributed by atoms with Gasteiger partial charge < -0.3 is 20.3 Å². The van der Waals surface area contributed by atoms with E-state index in [9.17, 15) is 9.90 Å². The highest BCUT2D eigenvalue weighted by Crippen LogP contribution is 2.33. The number of imidazole rings is 1. The van der Waals surface area contributed by atoms with Gasteiger partial charge in [0.15, 0.2) is 17.4 Å². The molecule has 0 aromatic carbocycles. The Morgan fingerprint density at radius 2 is 2.43 bits per heavy atom. The van der Waals surface area contributed by atoms with E-state index >= 15 is 0 Å². The fraction of sp³-hybridized carbons (Fsp3) is 0.545. The summed E-state index contributed by atoms with van der Waals surface area (Å²) in [5.74, 6) is -0.00722. The Morgan fingerprint density at radius 1 is 1.67 bits per heavy atom. The zero-order valence-corrected chi connectivity index (χ0v) is 13.2. The lowest BCUT2D eigenvalue weighted by Gasteiger charge is -2.19. The Bertz CT molecular complexity index is 716. The lowest BCUT2D eigenvalue weighted by molar-refractivity contribution is -0.0465. The summed E-state index contributed by atoms with van der Waals surface area (Å²) in [7, 11) is 1.49. The zero-order chi connectivity index (χ0) is 15.1. The van der Waals surface area contributed by atoms with Gasteiger partial charge in [0.05, 0.1) is 12.4 Å². The molecule has 114 valence electrons. The van der Waals surface area contributed by atoms with E-state index in [0.717, 1.165) is 0 Å². The molecule has 1 fully saturated rings. The summed E-state index contributed by atoms with van der Waals surface area (Å²) in [6.07, 6.45) is -0.898. The van der Waals surface area contributed by atoms with Crippen molar-refractivity contribution in [2.45, 2.75) is 24.5 Å². The maximum absolute atomic E-state index is 11.8. The van der Waals surface area contributed by atoms with Gasteiger partial charge in [-0.15, -0.1) is 0 Å². The van der Waals surface area contributed by atoms with Crippen molar-refractivity contribution in [1.82, 2.24) is 19.5 Å². The smallest absolute Gasteiger partial charge is 0.280 e. The number of anilines is 1. The highest BCUT2D eigenvalue weighted by Gasteiger charge is 2.45. The van der Waals surface area contributed by atoms with Crippen molar-refractivity contribution in [3.05, 3.63) is 16.7 Å². The molecule has 0 amide bonds. The Labute approximate surface area is 132 Å². The number of fused-ring (bicyclic) bond motifs is 1. The monoisotopic (exact) mass is 407 g/mol. The maximum Gasteiger partial charge on any atom is 0.280 e. The lowest BCUT2D eigenvalue weighted by Crippen LogP contribution is -2.33. The average Bonchev–Trinajstić information content (AvgIpc) is 2.99. The number of nitrogens with one attached hydrogen (secondary N) is 1. The molecule has 1 aliphatic rings. The minimum Gasteiger partial charge on any atom is -0.387 e. The third-order valence-electron chi connectivity index (χ3n) is 3.46. The normalized spacial score (nSPS) is 29.3. The highest BCUT2D eigenvalue weighted by molar-refractivity contribution is 14.1. The summed E-state index contributed by atoms with van der Waals surface area (Å²) in [5.41, 5.74) is 5.60. The van der Waals surface area contributed by atoms with Crippen LogP contribution in [0.25, 0.3) is 11.2 Å². The Kier molecular flexibility index (Phi) is 3.86. The SMILES string of the molecule is CO[C@@H]1[C@H](O)[C@@H](CI)O[C@H]1n1cnc2c(=O)[nH]c(N)nc21. The average molecular weight is 407 g/mol. The Morgan fingerprint density at radius 3 is 3.10 bits per heavy atom. The molecule has 0 saturated carbocycles. The largest absolute Gasteiger partial charge is 0.387 e. The van der Waals surface area contributed by atoms with Crippen LogP contribution in [0.4, 0.5) is 5.95 Å². The second-order valence-electron chi connectivity index (χ2n) is 4.69. The number of aromatic nitrogens is 4. The topological polar surface area (TPSA) is 128 Å². The molecule has 4 atom stereocenters. The van der Waals surface area contributed by atoms with E-state index in [4.69, 9.17) is 15.2 Å². The molecule has 1 aliphatic heterocycles. The van der Waals surface area contributed by atoms with E-state index < -0.39 is 24.0 Å². The number of ether oxygens (including phenoxy) is 2. The van der Waals surface area contributed by atoms with Crippen LogP contribution in [-0.4, -0.2) is 54.5 Å². The Hall–Kier alpha value is -1.24. The van der Waals surface area contributed by atoms with Gasteiger partial charge in [-0.2, -0.15) is 4.98 Å². The number of hydrogen-bond acceptors (Lipinski definition) is 7. The quantitative estimate of drug-likeness (QED) is 0.458. The van der Waals surface area contributed by atoms with Gasteiger partial charge >= 0.3 is 0 Å². The predicted octanol–water partition coefficient (Wildman–Crippen LogP) is -0.590. The van der Waals surface area contributed by atoms with E-state index in [2.05, 4.69) is 37.5 Å². The number of alkyl halides is 1. The van der Waals surface area contributed by atoms with Gasteiger partial charge in [0.2, 0.25) is 5.95 Å². The van der Waals surface area contributed by atoms with Crippen molar-refractivity contribution in [3.63, 3.8) is 0 Å². The number of aromatic amines is 1. The molecular weight excluding hydrogens is 393 g/mol. The van der Waals surface area contributed by atoms with Crippen LogP contribution < -0.4 is 11.3 Å². The van der Waals surface area contributed by atoms with E-state index in [-0.39, 0.29) is 17.6 Å². The minimum absolute atomic E-state index is 0.00722. The third kappa shape index (κ3) is 2.31. The lowest BCUT2D eigenvalue weighted by atomic mass is 10.1. The molecule has 0 spiro atoms. The van der Waals surface area contributed by atoms with Gasteiger partial charge in [-0.25, -0.2) is 4.98 Å². The summed E-state index contributed by atoms with van der Waals surface area (Å²) < 4.78 is 13.3.